The van der Waals surface area contributed by atoms with Crippen LogP contribution in [0.2, 0.25) is 0 Å². The number of para-hydroxylation sites is 1. The van der Waals surface area contributed by atoms with E-state index in [1.54, 1.807) is 19.2 Å². The van der Waals surface area contributed by atoms with Gasteiger partial charge < -0.3 is 14.8 Å². The third-order valence-corrected chi connectivity index (χ3v) is 4.41. The molecule has 0 spiro atoms. The summed E-state index contributed by atoms with van der Waals surface area (Å²) in [5, 5.41) is 2.88. The molecule has 0 aliphatic heterocycles. The summed E-state index contributed by atoms with van der Waals surface area (Å²) in [6, 6.07) is 10.6. The van der Waals surface area contributed by atoms with Gasteiger partial charge in [0.1, 0.15) is 5.82 Å². The van der Waals surface area contributed by atoms with Gasteiger partial charge in [-0.1, -0.05) is 32.4 Å². The van der Waals surface area contributed by atoms with Crippen LogP contribution in [-0.2, 0) is 4.79 Å². The van der Waals surface area contributed by atoms with Crippen LogP contribution >= 0.6 is 0 Å². The van der Waals surface area contributed by atoms with Crippen molar-refractivity contribution in [3.63, 3.8) is 0 Å². The van der Waals surface area contributed by atoms with Crippen molar-refractivity contribution >= 4 is 17.8 Å². The first kappa shape index (κ1) is 23.2. The fourth-order valence-corrected chi connectivity index (χ4v) is 2.82. The highest BCUT2D eigenvalue weighted by Crippen LogP contribution is 2.38. The highest BCUT2D eigenvalue weighted by atomic mass is 16.6. The summed E-state index contributed by atoms with van der Waals surface area (Å²) in [4.78, 5) is 30.7. The smallest absolute Gasteiger partial charge is 0.322 e. The van der Waals surface area contributed by atoms with Gasteiger partial charge in [-0.15, -0.1) is 0 Å². The zero-order chi connectivity index (χ0) is 21.9. The summed E-state index contributed by atoms with van der Waals surface area (Å²) in [6.45, 7) is 6.92. The summed E-state index contributed by atoms with van der Waals surface area (Å²) in [5.74, 6) is 0.999. The lowest BCUT2D eigenvalue weighted by molar-refractivity contribution is -0.134. The predicted octanol–water partition coefficient (Wildman–Crippen LogP) is 4.80. The van der Waals surface area contributed by atoms with E-state index < -0.39 is 0 Å². The minimum Gasteiger partial charge on any atom is -0.490 e. The van der Waals surface area contributed by atoms with Crippen molar-refractivity contribution in [2.24, 2.45) is 0 Å². The quantitative estimate of drug-likeness (QED) is 0.344. The molecule has 0 atom stereocenters. The number of nitrogens with zero attached hydrogens (tertiary/aromatic N) is 2. The maximum atomic E-state index is 12.4. The first-order chi connectivity index (χ1) is 14.5. The maximum Gasteiger partial charge on any atom is 0.322 e. The summed E-state index contributed by atoms with van der Waals surface area (Å²) >= 11 is 0. The number of esters is 1. The van der Waals surface area contributed by atoms with Crippen LogP contribution in [0.3, 0.4) is 0 Å². The van der Waals surface area contributed by atoms with Gasteiger partial charge in [-0.25, -0.2) is 9.78 Å². The van der Waals surface area contributed by atoms with E-state index in [1.807, 2.05) is 38.1 Å². The molecule has 0 aliphatic carbocycles. The van der Waals surface area contributed by atoms with Gasteiger partial charge in [0.15, 0.2) is 11.5 Å². The number of hydrogen-bond donors (Lipinski definition) is 1. The van der Waals surface area contributed by atoms with Crippen molar-refractivity contribution in [2.75, 3.05) is 25.1 Å². The van der Waals surface area contributed by atoms with Crippen molar-refractivity contribution in [2.45, 2.75) is 46.5 Å². The first-order valence-electron chi connectivity index (χ1n) is 10.5. The second-order valence-corrected chi connectivity index (χ2v) is 6.82. The normalized spacial score (nSPS) is 10.4. The predicted molar refractivity (Wildman–Crippen MR) is 118 cm³/mol. The van der Waals surface area contributed by atoms with Crippen molar-refractivity contribution in [1.29, 1.82) is 0 Å². The molecule has 7 nitrogen and oxygen atoms in total. The van der Waals surface area contributed by atoms with Gasteiger partial charge in [-0.05, 0) is 44.0 Å². The topological polar surface area (TPSA) is 80.8 Å². The van der Waals surface area contributed by atoms with Crippen LogP contribution in [0.1, 0.15) is 46.5 Å². The Morgan fingerprint density at radius 1 is 1.07 bits per heavy atom. The summed E-state index contributed by atoms with van der Waals surface area (Å²) in [5.41, 5.74) is 1.22. The number of pyridine rings is 1. The molecule has 0 radical (unpaired) electrons. The van der Waals surface area contributed by atoms with Gasteiger partial charge in [0.2, 0.25) is 0 Å². The van der Waals surface area contributed by atoms with Gasteiger partial charge in [0.25, 0.3) is 0 Å². The molecule has 0 saturated carbocycles. The molecule has 30 heavy (non-hydrogen) atoms. The Morgan fingerprint density at radius 2 is 1.83 bits per heavy atom. The molecular weight excluding hydrogens is 382 g/mol. The van der Waals surface area contributed by atoms with E-state index in [1.165, 1.54) is 4.90 Å². The lowest BCUT2D eigenvalue weighted by Gasteiger charge is -2.19. The van der Waals surface area contributed by atoms with E-state index in [-0.39, 0.29) is 12.0 Å². The van der Waals surface area contributed by atoms with Crippen molar-refractivity contribution in [3.05, 3.63) is 36.4 Å². The number of nitrogens with one attached hydrogen (secondary N) is 1. The number of carbonyl (C=O) groups is 2. The molecule has 0 unspecified atom stereocenters. The number of benzene rings is 1. The molecule has 162 valence electrons. The Hall–Kier alpha value is -3.09. The number of carbonyl (C=O) groups excluding carboxylic acids is 2. The monoisotopic (exact) mass is 413 g/mol. The van der Waals surface area contributed by atoms with Gasteiger partial charge in [0, 0.05) is 25.6 Å². The Morgan fingerprint density at radius 3 is 2.53 bits per heavy atom. The fourth-order valence-electron chi connectivity index (χ4n) is 2.82. The SMILES string of the molecule is CCCCNC(=O)N(C)c1cccc(-c2cccc(OCC)c2OC(=O)CCC)n1. The van der Waals surface area contributed by atoms with E-state index >= 15 is 0 Å². The molecule has 1 heterocycles. The van der Waals surface area contributed by atoms with Crippen LogP contribution in [0.15, 0.2) is 36.4 Å². The minimum atomic E-state index is -0.325. The van der Waals surface area contributed by atoms with Gasteiger partial charge in [-0.3, -0.25) is 9.69 Å². The largest absolute Gasteiger partial charge is 0.490 e. The zero-order valence-electron chi connectivity index (χ0n) is 18.2. The van der Waals surface area contributed by atoms with Crippen molar-refractivity contribution in [3.8, 4) is 22.8 Å². The zero-order valence-corrected chi connectivity index (χ0v) is 18.2. The molecule has 1 N–H and O–H groups in total. The number of aromatic nitrogens is 1. The number of rotatable bonds is 10. The molecule has 2 aromatic rings. The maximum absolute atomic E-state index is 12.4. The number of hydrogen-bond acceptors (Lipinski definition) is 5. The third-order valence-electron chi connectivity index (χ3n) is 4.41. The first-order valence-corrected chi connectivity index (χ1v) is 10.5. The van der Waals surface area contributed by atoms with E-state index in [0.717, 1.165) is 12.8 Å². The van der Waals surface area contributed by atoms with E-state index in [0.29, 0.717) is 54.6 Å². The molecule has 0 saturated heterocycles. The number of unbranched alkanes of at least 4 members (excludes halogenated alkanes) is 1. The number of urea groups is 1. The molecule has 0 aliphatic rings. The molecule has 0 fully saturated rings. The van der Waals surface area contributed by atoms with Gasteiger partial charge in [-0.2, -0.15) is 0 Å². The van der Waals surface area contributed by atoms with Crippen LogP contribution in [0.4, 0.5) is 10.6 Å². The van der Waals surface area contributed by atoms with E-state index in [2.05, 4.69) is 17.2 Å². The Kier molecular flexibility index (Phi) is 9.12. The Bertz CT molecular complexity index is 854. The Balaban J connectivity index is 2.36. The van der Waals surface area contributed by atoms with E-state index in [9.17, 15) is 9.59 Å². The molecule has 2 rings (SSSR count). The van der Waals surface area contributed by atoms with E-state index in [4.69, 9.17) is 9.47 Å². The fraction of sp³-hybridized carbons (Fsp3) is 0.435. The van der Waals surface area contributed by atoms with Crippen LogP contribution in [0.25, 0.3) is 11.3 Å². The molecule has 2 amide bonds. The molecular formula is C23H31N3O4. The lowest BCUT2D eigenvalue weighted by Crippen LogP contribution is -2.38. The van der Waals surface area contributed by atoms with Gasteiger partial charge in [0.05, 0.1) is 12.3 Å². The van der Waals surface area contributed by atoms with Crippen LogP contribution in [0.5, 0.6) is 11.5 Å². The lowest BCUT2D eigenvalue weighted by atomic mass is 10.1. The van der Waals surface area contributed by atoms with Gasteiger partial charge >= 0.3 is 12.0 Å². The second kappa shape index (κ2) is 11.8. The summed E-state index contributed by atoms with van der Waals surface area (Å²) in [6.07, 6.45) is 2.93. The third kappa shape index (κ3) is 6.20. The molecule has 0 bridgehead atoms. The van der Waals surface area contributed by atoms with Crippen LogP contribution in [0, 0.1) is 0 Å². The van der Waals surface area contributed by atoms with Crippen molar-refractivity contribution < 1.29 is 19.1 Å². The Labute approximate surface area is 178 Å². The summed E-state index contributed by atoms with van der Waals surface area (Å²) < 4.78 is 11.3. The standard InChI is InChI=1S/C23H31N3O4/c1-5-8-16-24-23(28)26(4)20-15-10-13-18(25-20)17-12-9-14-19(29-7-3)22(17)30-21(27)11-6-2/h9-10,12-15H,5-8,11,16H2,1-4H3,(H,24,28). The number of ether oxygens (including phenoxy) is 2. The highest BCUT2D eigenvalue weighted by molar-refractivity contribution is 5.90. The average molecular weight is 414 g/mol. The molecule has 7 heteroatoms. The molecule has 1 aromatic heterocycles. The summed E-state index contributed by atoms with van der Waals surface area (Å²) in [7, 11) is 1.67. The molecule has 1 aromatic carbocycles. The minimum absolute atomic E-state index is 0.217. The number of anilines is 1. The second-order valence-electron chi connectivity index (χ2n) is 6.82. The highest BCUT2D eigenvalue weighted by Gasteiger charge is 2.19. The van der Waals surface area contributed by atoms with Crippen LogP contribution in [-0.4, -0.2) is 37.2 Å². The average Bonchev–Trinajstić information content (AvgIpc) is 2.75. The van der Waals surface area contributed by atoms with Crippen LogP contribution < -0.4 is 19.7 Å². The van der Waals surface area contributed by atoms with Crippen molar-refractivity contribution in [1.82, 2.24) is 10.3 Å². The number of amides is 2.